The molecule has 0 bridgehead atoms. The normalized spacial score (nSPS) is 19.0. The first-order valence-corrected chi connectivity index (χ1v) is 9.32. The summed E-state index contributed by atoms with van der Waals surface area (Å²) in [5.74, 6) is 1.47. The number of rotatable bonds is 7. The lowest BCUT2D eigenvalue weighted by Crippen LogP contribution is -2.46. The summed E-state index contributed by atoms with van der Waals surface area (Å²) in [5.41, 5.74) is 0.450. The molecule has 1 aromatic carbocycles. The molecule has 3 rings (SSSR count). The first-order chi connectivity index (χ1) is 12.0. The minimum atomic E-state index is -0.960. The van der Waals surface area contributed by atoms with E-state index >= 15 is 0 Å². The predicted molar refractivity (Wildman–Crippen MR) is 101 cm³/mol. The highest BCUT2D eigenvalue weighted by atomic mass is 16.4. The van der Waals surface area contributed by atoms with Gasteiger partial charge in [-0.15, -0.1) is 0 Å². The van der Waals surface area contributed by atoms with Gasteiger partial charge in [0, 0.05) is 19.1 Å². The second kappa shape index (κ2) is 8.17. The van der Waals surface area contributed by atoms with Gasteiger partial charge in [0.25, 0.3) is 0 Å². The van der Waals surface area contributed by atoms with Crippen molar-refractivity contribution in [3.05, 3.63) is 59.5 Å². The fourth-order valence-electron chi connectivity index (χ4n) is 3.45. The number of aliphatic hydroxyl groups is 1. The molecular formula is C21H30N2O2. The first-order valence-electron chi connectivity index (χ1n) is 9.32. The van der Waals surface area contributed by atoms with Crippen LogP contribution in [-0.2, 0) is 12.0 Å². The molecule has 4 nitrogen and oxygen atoms in total. The summed E-state index contributed by atoms with van der Waals surface area (Å²) < 4.78 is 5.58. The second-order valence-corrected chi connectivity index (χ2v) is 7.42. The molecule has 0 amide bonds. The van der Waals surface area contributed by atoms with Crippen molar-refractivity contribution in [2.45, 2.75) is 44.8 Å². The standard InChI is InChI=1S/C21H30N2O2/c1-17-8-9-20(25-17)21(2,24)16-22-19-11-14-23(15-12-19)13-10-18-6-4-3-5-7-18/h3-9,19,22,24H,10-16H2,1-2H3. The number of aryl methyl sites for hydroxylation is 1. The molecule has 1 aromatic heterocycles. The van der Waals surface area contributed by atoms with Crippen LogP contribution in [0.25, 0.3) is 0 Å². The summed E-state index contributed by atoms with van der Waals surface area (Å²) in [6, 6.07) is 14.9. The number of furan rings is 1. The van der Waals surface area contributed by atoms with Gasteiger partial charge in [-0.05, 0) is 63.9 Å². The van der Waals surface area contributed by atoms with Crippen molar-refractivity contribution in [3.8, 4) is 0 Å². The molecular weight excluding hydrogens is 312 g/mol. The van der Waals surface area contributed by atoms with Gasteiger partial charge in [-0.25, -0.2) is 0 Å². The number of nitrogens with zero attached hydrogens (tertiary/aromatic N) is 1. The Morgan fingerprint density at radius 3 is 2.52 bits per heavy atom. The third kappa shape index (κ3) is 5.18. The minimum Gasteiger partial charge on any atom is -0.463 e. The Balaban J connectivity index is 1.39. The number of benzene rings is 1. The summed E-state index contributed by atoms with van der Waals surface area (Å²) in [5, 5.41) is 14.2. The molecule has 1 saturated heterocycles. The van der Waals surface area contributed by atoms with Crippen LogP contribution < -0.4 is 5.32 Å². The van der Waals surface area contributed by atoms with Gasteiger partial charge in [0.05, 0.1) is 0 Å². The zero-order valence-corrected chi connectivity index (χ0v) is 15.4. The van der Waals surface area contributed by atoms with Gasteiger partial charge in [0.15, 0.2) is 0 Å². The number of likely N-dealkylation sites (tertiary alicyclic amines) is 1. The smallest absolute Gasteiger partial charge is 0.136 e. The van der Waals surface area contributed by atoms with Crippen LogP contribution in [0.5, 0.6) is 0 Å². The van der Waals surface area contributed by atoms with E-state index in [4.69, 9.17) is 4.42 Å². The fourth-order valence-corrected chi connectivity index (χ4v) is 3.45. The van der Waals surface area contributed by atoms with Crippen molar-refractivity contribution in [1.82, 2.24) is 10.2 Å². The maximum atomic E-state index is 10.6. The van der Waals surface area contributed by atoms with E-state index in [-0.39, 0.29) is 0 Å². The average Bonchev–Trinajstić information content (AvgIpc) is 3.07. The van der Waals surface area contributed by atoms with Crippen molar-refractivity contribution in [3.63, 3.8) is 0 Å². The van der Waals surface area contributed by atoms with Gasteiger partial charge in [0.1, 0.15) is 17.1 Å². The molecule has 1 aliphatic rings. The Kier molecular flexibility index (Phi) is 5.94. The van der Waals surface area contributed by atoms with Crippen molar-refractivity contribution >= 4 is 0 Å². The van der Waals surface area contributed by atoms with Crippen molar-refractivity contribution in [2.24, 2.45) is 0 Å². The summed E-state index contributed by atoms with van der Waals surface area (Å²) in [4.78, 5) is 2.54. The van der Waals surface area contributed by atoms with Crippen LogP contribution in [-0.4, -0.2) is 42.2 Å². The lowest BCUT2D eigenvalue weighted by molar-refractivity contribution is 0.0281. The molecule has 1 aliphatic heterocycles. The summed E-state index contributed by atoms with van der Waals surface area (Å²) >= 11 is 0. The highest BCUT2D eigenvalue weighted by Gasteiger charge is 2.28. The molecule has 0 spiro atoms. The van der Waals surface area contributed by atoms with Crippen LogP contribution in [0.2, 0.25) is 0 Å². The van der Waals surface area contributed by atoms with E-state index in [1.54, 1.807) is 0 Å². The van der Waals surface area contributed by atoms with E-state index in [0.29, 0.717) is 18.3 Å². The Labute approximate surface area is 150 Å². The van der Waals surface area contributed by atoms with E-state index in [9.17, 15) is 5.11 Å². The summed E-state index contributed by atoms with van der Waals surface area (Å²) in [6.45, 7) is 7.60. The molecule has 1 atom stereocenters. The van der Waals surface area contributed by atoms with E-state index in [2.05, 4.69) is 40.5 Å². The monoisotopic (exact) mass is 342 g/mol. The molecule has 4 heteroatoms. The number of nitrogens with one attached hydrogen (secondary N) is 1. The van der Waals surface area contributed by atoms with E-state index in [1.807, 2.05) is 26.0 Å². The zero-order chi connectivity index (χ0) is 17.7. The highest BCUT2D eigenvalue weighted by molar-refractivity contribution is 5.15. The summed E-state index contributed by atoms with van der Waals surface area (Å²) in [6.07, 6.45) is 3.37. The quantitative estimate of drug-likeness (QED) is 0.812. The van der Waals surface area contributed by atoms with E-state index in [0.717, 1.165) is 44.7 Å². The van der Waals surface area contributed by atoms with Crippen molar-refractivity contribution < 1.29 is 9.52 Å². The Hall–Kier alpha value is -1.62. The largest absolute Gasteiger partial charge is 0.463 e. The van der Waals surface area contributed by atoms with Gasteiger partial charge < -0.3 is 19.7 Å². The van der Waals surface area contributed by atoms with Crippen LogP contribution >= 0.6 is 0 Å². The minimum absolute atomic E-state index is 0.468. The molecule has 2 heterocycles. The van der Waals surface area contributed by atoms with Gasteiger partial charge >= 0.3 is 0 Å². The van der Waals surface area contributed by atoms with Gasteiger partial charge in [-0.3, -0.25) is 0 Å². The molecule has 136 valence electrons. The first kappa shape index (κ1) is 18.2. The van der Waals surface area contributed by atoms with Gasteiger partial charge in [0.2, 0.25) is 0 Å². The lowest BCUT2D eigenvalue weighted by Gasteiger charge is -2.34. The highest BCUT2D eigenvalue weighted by Crippen LogP contribution is 2.23. The predicted octanol–water partition coefficient (Wildman–Crippen LogP) is 3.09. The number of piperidine rings is 1. The van der Waals surface area contributed by atoms with Crippen LogP contribution in [0.15, 0.2) is 46.9 Å². The van der Waals surface area contributed by atoms with Gasteiger partial charge in [-0.1, -0.05) is 30.3 Å². The van der Waals surface area contributed by atoms with Crippen LogP contribution in [0, 0.1) is 6.92 Å². The Morgan fingerprint density at radius 1 is 1.16 bits per heavy atom. The SMILES string of the molecule is Cc1ccc(C(C)(O)CNC2CCN(CCc3ccccc3)CC2)o1. The van der Waals surface area contributed by atoms with Crippen LogP contribution in [0.4, 0.5) is 0 Å². The van der Waals surface area contributed by atoms with Gasteiger partial charge in [-0.2, -0.15) is 0 Å². The molecule has 0 saturated carbocycles. The number of hydrogen-bond acceptors (Lipinski definition) is 4. The Bertz CT molecular complexity index is 643. The van der Waals surface area contributed by atoms with Crippen molar-refractivity contribution in [2.75, 3.05) is 26.2 Å². The van der Waals surface area contributed by atoms with Crippen LogP contribution in [0.3, 0.4) is 0 Å². The molecule has 0 radical (unpaired) electrons. The fraction of sp³-hybridized carbons (Fsp3) is 0.524. The molecule has 1 unspecified atom stereocenters. The lowest BCUT2D eigenvalue weighted by atomic mass is 10.00. The topological polar surface area (TPSA) is 48.6 Å². The third-order valence-electron chi connectivity index (χ3n) is 5.15. The maximum Gasteiger partial charge on any atom is 0.136 e. The van der Waals surface area contributed by atoms with Crippen LogP contribution in [0.1, 0.15) is 36.8 Å². The van der Waals surface area contributed by atoms with E-state index < -0.39 is 5.60 Å². The molecule has 25 heavy (non-hydrogen) atoms. The summed E-state index contributed by atoms with van der Waals surface area (Å²) in [7, 11) is 0. The zero-order valence-electron chi connectivity index (χ0n) is 15.4. The molecule has 0 aliphatic carbocycles. The molecule has 2 N–H and O–H groups in total. The maximum absolute atomic E-state index is 10.6. The molecule has 2 aromatic rings. The second-order valence-electron chi connectivity index (χ2n) is 7.42. The Morgan fingerprint density at radius 2 is 1.88 bits per heavy atom. The van der Waals surface area contributed by atoms with E-state index in [1.165, 1.54) is 5.56 Å². The molecule has 1 fully saturated rings. The number of hydrogen-bond donors (Lipinski definition) is 2. The average molecular weight is 342 g/mol. The third-order valence-corrected chi connectivity index (χ3v) is 5.15. The van der Waals surface area contributed by atoms with Crippen molar-refractivity contribution in [1.29, 1.82) is 0 Å².